The molecule has 4 saturated carbocycles. The summed E-state index contributed by atoms with van der Waals surface area (Å²) in [6.07, 6.45) is 8.32. The van der Waals surface area contributed by atoms with Crippen LogP contribution in [0.4, 0.5) is 17.1 Å². The lowest BCUT2D eigenvalue weighted by Gasteiger charge is -2.57. The molecule has 0 atom stereocenters. The average Bonchev–Trinajstić information content (AvgIpc) is 3.77. The lowest BCUT2D eigenvalue weighted by atomic mass is 9.48. The summed E-state index contributed by atoms with van der Waals surface area (Å²) < 4.78 is 6.75. The van der Waals surface area contributed by atoms with Crippen molar-refractivity contribution in [1.29, 1.82) is 0 Å². The summed E-state index contributed by atoms with van der Waals surface area (Å²) in [5, 5.41) is 5.11. The first kappa shape index (κ1) is 35.4. The van der Waals surface area contributed by atoms with Crippen LogP contribution in [-0.4, -0.2) is 0 Å². The maximum atomic E-state index is 6.75. The summed E-state index contributed by atoms with van der Waals surface area (Å²) >= 11 is 0. The van der Waals surface area contributed by atoms with Gasteiger partial charge in [0.1, 0.15) is 11.2 Å². The van der Waals surface area contributed by atoms with Crippen LogP contribution in [0.1, 0.15) is 69.1 Å². The smallest absolute Gasteiger partial charge is 0.135 e. The summed E-state index contributed by atoms with van der Waals surface area (Å²) in [5.74, 6) is 2.63. The van der Waals surface area contributed by atoms with Gasteiger partial charge in [0.25, 0.3) is 0 Å². The molecule has 0 amide bonds. The number of anilines is 3. The molecular weight excluding hydrogens is 739 g/mol. The van der Waals surface area contributed by atoms with E-state index in [2.05, 4.69) is 189 Å². The van der Waals surface area contributed by atoms with Crippen molar-refractivity contribution in [2.45, 2.75) is 63.2 Å². The minimum atomic E-state index is -0.111. The molecule has 61 heavy (non-hydrogen) atoms. The lowest BCUT2D eigenvalue weighted by molar-refractivity contribution is -0.00448. The zero-order valence-corrected chi connectivity index (χ0v) is 35.0. The summed E-state index contributed by atoms with van der Waals surface area (Å²) in [5.41, 5.74) is 17.5. The number of benzene rings is 8. The van der Waals surface area contributed by atoms with Crippen LogP contribution in [0.3, 0.4) is 0 Å². The number of fused-ring (bicyclic) bond motifs is 7. The topological polar surface area (TPSA) is 16.4 Å². The van der Waals surface area contributed by atoms with Gasteiger partial charge in [0, 0.05) is 33.2 Å². The van der Waals surface area contributed by atoms with Gasteiger partial charge in [-0.2, -0.15) is 0 Å². The number of hydrogen-bond acceptors (Lipinski definition) is 2. The number of nitrogens with zero attached hydrogens (tertiary/aromatic N) is 1. The highest BCUT2D eigenvalue weighted by molar-refractivity contribution is 6.09. The fourth-order valence-electron chi connectivity index (χ4n) is 13.3. The molecule has 5 aliphatic rings. The molecule has 2 nitrogen and oxygen atoms in total. The molecule has 8 aromatic carbocycles. The van der Waals surface area contributed by atoms with E-state index < -0.39 is 0 Å². The number of rotatable bonds is 6. The van der Waals surface area contributed by atoms with Gasteiger partial charge in [0.2, 0.25) is 0 Å². The second-order valence-corrected chi connectivity index (χ2v) is 19.5. The van der Waals surface area contributed by atoms with E-state index in [0.717, 1.165) is 46.0 Å². The standard InChI is InChI=1S/C59H49NO/c1-58(2)51-18-7-6-15-48(51)49-27-25-45(33-53(49)58)60(43-23-21-41(22-24-43)47-17-9-14-42-13-8-16-46(56(42)47)40-11-4-3-5-12-40)44-26-28-54-50(32-44)57-52(19-10-20-55(57)61-54)59-34-37-29-38(35-59)31-39(30-37)36-59/h3-28,32-33,37-39H,29-31,34-36H2,1-2H3. The van der Waals surface area contributed by atoms with Crippen LogP contribution >= 0.6 is 0 Å². The van der Waals surface area contributed by atoms with E-state index in [9.17, 15) is 0 Å². The summed E-state index contributed by atoms with van der Waals surface area (Å²) in [7, 11) is 0. The first-order chi connectivity index (χ1) is 29.9. The van der Waals surface area contributed by atoms with Crippen molar-refractivity contribution >= 4 is 49.8 Å². The Balaban J connectivity index is 0.982. The molecule has 4 fully saturated rings. The van der Waals surface area contributed by atoms with E-state index in [-0.39, 0.29) is 10.8 Å². The molecule has 5 aliphatic carbocycles. The highest BCUT2D eigenvalue weighted by Gasteiger charge is 2.52. The van der Waals surface area contributed by atoms with Crippen LogP contribution in [-0.2, 0) is 10.8 Å². The van der Waals surface area contributed by atoms with Crippen molar-refractivity contribution < 1.29 is 4.42 Å². The van der Waals surface area contributed by atoms with Crippen LogP contribution in [0.15, 0.2) is 174 Å². The molecule has 9 aromatic rings. The van der Waals surface area contributed by atoms with Gasteiger partial charge in [0.15, 0.2) is 0 Å². The molecule has 4 bridgehead atoms. The van der Waals surface area contributed by atoms with E-state index in [1.165, 1.54) is 110 Å². The van der Waals surface area contributed by atoms with Crippen molar-refractivity contribution in [3.05, 3.63) is 187 Å². The Kier molecular flexibility index (Phi) is 7.58. The fraction of sp³-hybridized carbons (Fsp3) is 0.220. The Labute approximate surface area is 358 Å². The Morgan fingerprint density at radius 3 is 1.75 bits per heavy atom. The van der Waals surface area contributed by atoms with E-state index in [1.807, 2.05) is 0 Å². The zero-order valence-electron chi connectivity index (χ0n) is 35.0. The normalized spacial score (nSPS) is 21.9. The molecule has 0 radical (unpaired) electrons. The van der Waals surface area contributed by atoms with Crippen molar-refractivity contribution in [1.82, 2.24) is 0 Å². The predicted octanol–water partition coefficient (Wildman–Crippen LogP) is 16.3. The Hall–Kier alpha value is -6.38. The molecule has 0 N–H and O–H groups in total. The van der Waals surface area contributed by atoms with E-state index in [4.69, 9.17) is 4.42 Å². The molecule has 2 heteroatoms. The van der Waals surface area contributed by atoms with Crippen LogP contribution in [0.2, 0.25) is 0 Å². The summed E-state index contributed by atoms with van der Waals surface area (Å²) in [4.78, 5) is 2.48. The third-order valence-electron chi connectivity index (χ3n) is 15.6. The molecule has 1 aromatic heterocycles. The van der Waals surface area contributed by atoms with Gasteiger partial charge < -0.3 is 9.32 Å². The van der Waals surface area contributed by atoms with E-state index in [0.29, 0.717) is 0 Å². The number of hydrogen-bond donors (Lipinski definition) is 0. The van der Waals surface area contributed by atoms with Gasteiger partial charge in [-0.25, -0.2) is 0 Å². The maximum absolute atomic E-state index is 6.75. The third kappa shape index (κ3) is 5.34. The Morgan fingerprint density at radius 1 is 0.443 bits per heavy atom. The second kappa shape index (κ2) is 13.1. The van der Waals surface area contributed by atoms with Crippen molar-refractivity contribution in [3.63, 3.8) is 0 Å². The summed E-state index contributed by atoms with van der Waals surface area (Å²) in [6.45, 7) is 4.76. The first-order valence-corrected chi connectivity index (χ1v) is 22.6. The van der Waals surface area contributed by atoms with Gasteiger partial charge in [-0.1, -0.05) is 135 Å². The van der Waals surface area contributed by atoms with Crippen LogP contribution in [0.5, 0.6) is 0 Å². The molecule has 0 unspecified atom stereocenters. The quantitative estimate of drug-likeness (QED) is 0.167. The van der Waals surface area contributed by atoms with Crippen molar-refractivity contribution in [2.24, 2.45) is 17.8 Å². The van der Waals surface area contributed by atoms with E-state index in [1.54, 1.807) is 0 Å². The maximum Gasteiger partial charge on any atom is 0.135 e. The Bertz CT molecular complexity index is 3160. The monoisotopic (exact) mass is 787 g/mol. The first-order valence-electron chi connectivity index (χ1n) is 22.6. The zero-order chi connectivity index (χ0) is 40.5. The van der Waals surface area contributed by atoms with Crippen molar-refractivity contribution in [3.8, 4) is 33.4 Å². The predicted molar refractivity (Wildman–Crippen MR) is 254 cm³/mol. The molecule has 1 heterocycles. The minimum absolute atomic E-state index is 0.111. The average molecular weight is 788 g/mol. The molecule has 0 saturated heterocycles. The summed E-state index contributed by atoms with van der Waals surface area (Å²) in [6, 6.07) is 63.4. The van der Waals surface area contributed by atoms with Crippen molar-refractivity contribution in [2.75, 3.05) is 4.90 Å². The molecule has 14 rings (SSSR count). The van der Waals surface area contributed by atoms with E-state index >= 15 is 0 Å². The van der Waals surface area contributed by atoms with Crippen LogP contribution < -0.4 is 4.90 Å². The van der Waals surface area contributed by atoms with Gasteiger partial charge in [-0.15, -0.1) is 0 Å². The largest absolute Gasteiger partial charge is 0.456 e. The third-order valence-corrected chi connectivity index (χ3v) is 15.6. The molecular formula is C59H49NO. The molecule has 0 spiro atoms. The molecule has 296 valence electrons. The van der Waals surface area contributed by atoms with Gasteiger partial charge in [-0.05, 0) is 171 Å². The van der Waals surface area contributed by atoms with Crippen LogP contribution in [0, 0.1) is 17.8 Å². The number of furan rings is 1. The SMILES string of the molecule is CC1(C)c2ccccc2-c2ccc(N(c3ccc(-c4cccc5cccc(-c6ccccc6)c45)cc3)c3ccc4oc5cccc(C67CC8CC(CC(C8)C6)C7)c5c4c3)cc21. The Morgan fingerprint density at radius 2 is 1.02 bits per heavy atom. The highest BCUT2D eigenvalue weighted by atomic mass is 16.3. The minimum Gasteiger partial charge on any atom is -0.456 e. The fourth-order valence-corrected chi connectivity index (χ4v) is 13.3. The van der Waals surface area contributed by atoms with Gasteiger partial charge >= 0.3 is 0 Å². The molecule has 0 aliphatic heterocycles. The second-order valence-electron chi connectivity index (χ2n) is 19.5. The van der Waals surface area contributed by atoms with Gasteiger partial charge in [-0.3, -0.25) is 0 Å². The highest BCUT2D eigenvalue weighted by Crippen LogP contribution is 2.62. The van der Waals surface area contributed by atoms with Gasteiger partial charge in [0.05, 0.1) is 0 Å². The lowest BCUT2D eigenvalue weighted by Crippen LogP contribution is -2.48. The van der Waals surface area contributed by atoms with Crippen LogP contribution in [0.25, 0.3) is 66.1 Å².